The van der Waals surface area contributed by atoms with Gasteiger partial charge in [-0.3, -0.25) is 4.79 Å². The molecule has 0 unspecified atom stereocenters. The normalized spacial score (nSPS) is 10.3. The van der Waals surface area contributed by atoms with Crippen molar-refractivity contribution in [2.24, 2.45) is 0 Å². The molecular weight excluding hydrogens is 268 g/mol. The van der Waals surface area contributed by atoms with Crippen LogP contribution in [-0.4, -0.2) is 25.1 Å². The van der Waals surface area contributed by atoms with E-state index in [1.54, 1.807) is 22.7 Å². The highest BCUT2D eigenvalue weighted by Crippen LogP contribution is 2.22. The van der Waals surface area contributed by atoms with Crippen molar-refractivity contribution < 1.29 is 9.53 Å². The number of anilines is 1. The Hall–Kier alpha value is -1.40. The molecule has 6 heteroatoms. The van der Waals surface area contributed by atoms with Crippen molar-refractivity contribution in [2.45, 2.75) is 13.0 Å². The van der Waals surface area contributed by atoms with Gasteiger partial charge in [-0.15, -0.1) is 11.3 Å². The summed E-state index contributed by atoms with van der Waals surface area (Å²) in [5.74, 6) is -0.257. The Labute approximate surface area is 114 Å². The minimum absolute atomic E-state index is 0.235. The SMILES string of the molecule is COC(=O)Cc1csc(N(C)Cc2ccsc2)n1. The van der Waals surface area contributed by atoms with Crippen LogP contribution in [0.3, 0.4) is 0 Å². The molecule has 2 aromatic heterocycles. The molecule has 2 heterocycles. The summed E-state index contributed by atoms with van der Waals surface area (Å²) in [5, 5.41) is 7.00. The first-order valence-corrected chi connectivity index (χ1v) is 7.24. The van der Waals surface area contributed by atoms with E-state index in [4.69, 9.17) is 0 Å². The Balaban J connectivity index is 1.98. The molecule has 0 bridgehead atoms. The largest absolute Gasteiger partial charge is 0.469 e. The van der Waals surface area contributed by atoms with E-state index in [0.29, 0.717) is 0 Å². The van der Waals surface area contributed by atoms with Gasteiger partial charge in [0.1, 0.15) is 0 Å². The van der Waals surface area contributed by atoms with Crippen LogP contribution >= 0.6 is 22.7 Å². The summed E-state index contributed by atoms with van der Waals surface area (Å²) in [5.41, 5.74) is 2.03. The zero-order valence-corrected chi connectivity index (χ0v) is 11.9. The number of carbonyl (C=O) groups is 1. The van der Waals surface area contributed by atoms with Crippen LogP contribution in [0.15, 0.2) is 22.2 Å². The molecule has 0 saturated carbocycles. The summed E-state index contributed by atoms with van der Waals surface area (Å²) in [6.45, 7) is 0.828. The number of esters is 1. The molecule has 2 aromatic rings. The molecule has 18 heavy (non-hydrogen) atoms. The van der Waals surface area contributed by atoms with Crippen molar-refractivity contribution in [2.75, 3.05) is 19.1 Å². The summed E-state index contributed by atoms with van der Waals surface area (Å²) in [7, 11) is 3.39. The van der Waals surface area contributed by atoms with Crippen molar-refractivity contribution in [3.63, 3.8) is 0 Å². The summed E-state index contributed by atoms with van der Waals surface area (Å²) < 4.78 is 4.62. The van der Waals surface area contributed by atoms with Crippen LogP contribution in [0.25, 0.3) is 0 Å². The molecule has 0 spiro atoms. The zero-order chi connectivity index (χ0) is 13.0. The van der Waals surface area contributed by atoms with Crippen LogP contribution in [0.2, 0.25) is 0 Å². The lowest BCUT2D eigenvalue weighted by molar-refractivity contribution is -0.139. The first-order valence-electron chi connectivity index (χ1n) is 5.42. The number of hydrogen-bond donors (Lipinski definition) is 0. The molecule has 0 saturated heterocycles. The fraction of sp³-hybridized carbons (Fsp3) is 0.333. The van der Waals surface area contributed by atoms with Crippen LogP contribution < -0.4 is 4.90 Å². The van der Waals surface area contributed by atoms with Crippen molar-refractivity contribution in [1.29, 1.82) is 0 Å². The second-order valence-electron chi connectivity index (χ2n) is 3.86. The summed E-state index contributed by atoms with van der Waals surface area (Å²) >= 11 is 3.23. The standard InChI is InChI=1S/C12H14N2O2S2/c1-14(6-9-3-4-17-7-9)12-13-10(8-18-12)5-11(15)16-2/h3-4,7-8H,5-6H2,1-2H3. The van der Waals surface area contributed by atoms with Crippen molar-refractivity contribution in [3.05, 3.63) is 33.5 Å². The van der Waals surface area contributed by atoms with Crippen LogP contribution in [0.4, 0.5) is 5.13 Å². The van der Waals surface area contributed by atoms with E-state index < -0.39 is 0 Å². The predicted molar refractivity (Wildman–Crippen MR) is 74.3 cm³/mol. The first kappa shape index (κ1) is 13.0. The molecule has 0 aliphatic carbocycles. The van der Waals surface area contributed by atoms with Gasteiger partial charge < -0.3 is 9.64 Å². The van der Waals surface area contributed by atoms with Gasteiger partial charge in [0, 0.05) is 19.0 Å². The molecule has 0 N–H and O–H groups in total. The molecule has 0 fully saturated rings. The summed E-state index contributed by atoms with van der Waals surface area (Å²) in [6, 6.07) is 2.10. The first-order chi connectivity index (χ1) is 8.69. The van der Waals surface area contributed by atoms with Crippen LogP contribution in [0.5, 0.6) is 0 Å². The highest BCUT2D eigenvalue weighted by molar-refractivity contribution is 7.13. The average Bonchev–Trinajstić information content (AvgIpc) is 3.00. The number of thiazole rings is 1. The molecule has 96 valence electrons. The summed E-state index contributed by atoms with van der Waals surface area (Å²) in [4.78, 5) is 17.6. The van der Waals surface area contributed by atoms with Gasteiger partial charge in [-0.25, -0.2) is 4.98 Å². The fourth-order valence-corrected chi connectivity index (χ4v) is 2.95. The van der Waals surface area contributed by atoms with E-state index in [-0.39, 0.29) is 12.4 Å². The Morgan fingerprint density at radius 3 is 3.00 bits per heavy atom. The van der Waals surface area contributed by atoms with Gasteiger partial charge in [0.15, 0.2) is 5.13 Å². The lowest BCUT2D eigenvalue weighted by atomic mass is 10.3. The van der Waals surface area contributed by atoms with Crippen molar-refractivity contribution >= 4 is 33.8 Å². The van der Waals surface area contributed by atoms with Crippen molar-refractivity contribution in [3.8, 4) is 0 Å². The Morgan fingerprint density at radius 1 is 1.50 bits per heavy atom. The molecule has 0 radical (unpaired) electrons. The van der Waals surface area contributed by atoms with Crippen molar-refractivity contribution in [1.82, 2.24) is 4.98 Å². The highest BCUT2D eigenvalue weighted by atomic mass is 32.1. The van der Waals surface area contributed by atoms with Gasteiger partial charge in [-0.05, 0) is 22.4 Å². The van der Waals surface area contributed by atoms with E-state index in [2.05, 4.69) is 31.4 Å². The maximum atomic E-state index is 11.1. The predicted octanol–water partition coefficient (Wildman–Crippen LogP) is 2.56. The van der Waals surface area contributed by atoms with Crippen LogP contribution in [0.1, 0.15) is 11.3 Å². The lowest BCUT2D eigenvalue weighted by Gasteiger charge is -2.14. The number of nitrogens with zero attached hydrogens (tertiary/aromatic N) is 2. The number of thiophene rings is 1. The van der Waals surface area contributed by atoms with E-state index in [1.165, 1.54) is 12.7 Å². The molecule has 4 nitrogen and oxygen atoms in total. The van der Waals surface area contributed by atoms with E-state index in [0.717, 1.165) is 17.4 Å². The van der Waals surface area contributed by atoms with Gasteiger partial charge >= 0.3 is 5.97 Å². The zero-order valence-electron chi connectivity index (χ0n) is 10.3. The maximum absolute atomic E-state index is 11.1. The molecule has 0 aliphatic heterocycles. The number of aromatic nitrogens is 1. The molecule has 0 aromatic carbocycles. The Morgan fingerprint density at radius 2 is 2.33 bits per heavy atom. The Kier molecular flexibility index (Phi) is 4.33. The van der Waals surface area contributed by atoms with E-state index in [9.17, 15) is 4.79 Å². The minimum atomic E-state index is -0.257. The molecule has 0 atom stereocenters. The van der Waals surface area contributed by atoms with Gasteiger partial charge in [0.2, 0.25) is 0 Å². The number of ether oxygens (including phenoxy) is 1. The second kappa shape index (κ2) is 5.97. The minimum Gasteiger partial charge on any atom is -0.469 e. The van der Waals surface area contributed by atoms with Gasteiger partial charge in [-0.1, -0.05) is 0 Å². The maximum Gasteiger partial charge on any atom is 0.311 e. The molecule has 2 rings (SSSR count). The van der Waals surface area contributed by atoms with Gasteiger partial charge in [0.05, 0.1) is 19.2 Å². The van der Waals surface area contributed by atoms with E-state index in [1.807, 2.05) is 12.4 Å². The third-order valence-corrected chi connectivity index (χ3v) is 4.15. The molecular formula is C12H14N2O2S2. The highest BCUT2D eigenvalue weighted by Gasteiger charge is 2.10. The Bertz CT molecular complexity index is 508. The van der Waals surface area contributed by atoms with Crippen LogP contribution in [0, 0.1) is 0 Å². The molecule has 0 amide bonds. The third kappa shape index (κ3) is 3.30. The smallest absolute Gasteiger partial charge is 0.311 e. The fourth-order valence-electron chi connectivity index (χ4n) is 1.50. The lowest BCUT2D eigenvalue weighted by Crippen LogP contribution is -2.15. The molecule has 0 aliphatic rings. The topological polar surface area (TPSA) is 42.4 Å². The van der Waals surface area contributed by atoms with Gasteiger partial charge in [-0.2, -0.15) is 11.3 Å². The quantitative estimate of drug-likeness (QED) is 0.790. The van der Waals surface area contributed by atoms with Crippen LogP contribution in [-0.2, 0) is 22.5 Å². The third-order valence-electron chi connectivity index (χ3n) is 2.42. The number of methoxy groups -OCH3 is 1. The summed E-state index contributed by atoms with van der Waals surface area (Å²) in [6.07, 6.45) is 0.235. The number of rotatable bonds is 5. The second-order valence-corrected chi connectivity index (χ2v) is 5.48. The number of carbonyl (C=O) groups excluding carboxylic acids is 1. The monoisotopic (exact) mass is 282 g/mol. The van der Waals surface area contributed by atoms with Gasteiger partial charge in [0.25, 0.3) is 0 Å². The number of hydrogen-bond acceptors (Lipinski definition) is 6. The van der Waals surface area contributed by atoms with E-state index >= 15 is 0 Å². The average molecular weight is 282 g/mol.